The molecule has 3 amide bonds. The number of fused-ring (bicyclic) bond motifs is 1. The number of rotatable bonds is 18. The number of aliphatic hydroxyl groups is 1. The number of esters is 1. The zero-order valence-electron chi connectivity index (χ0n) is 26.7. The van der Waals surface area contributed by atoms with Crippen LogP contribution >= 0.6 is 0 Å². The van der Waals surface area contributed by atoms with Crippen LogP contribution < -0.4 is 5.32 Å². The van der Waals surface area contributed by atoms with Crippen LogP contribution in [0.15, 0.2) is 55.6 Å². The number of aliphatic hydroxyl groups excluding tert-OH is 1. The van der Waals surface area contributed by atoms with Crippen LogP contribution in [-0.4, -0.2) is 88.6 Å². The second kappa shape index (κ2) is 15.7. The largest absolute Gasteiger partial charge is 0.455 e. The summed E-state index contributed by atoms with van der Waals surface area (Å²) in [7, 11) is 0. The molecule has 0 aromatic heterocycles. The van der Waals surface area contributed by atoms with E-state index in [0.29, 0.717) is 50.8 Å². The number of ether oxygens (including phenoxy) is 2. The van der Waals surface area contributed by atoms with E-state index < -0.39 is 47.7 Å². The number of carbonyl (C=O) groups excluding carboxylic acids is 4. The van der Waals surface area contributed by atoms with E-state index in [4.69, 9.17) is 9.47 Å². The lowest BCUT2D eigenvalue weighted by molar-refractivity contribution is -0.162. The zero-order chi connectivity index (χ0) is 32.6. The highest BCUT2D eigenvalue weighted by atomic mass is 16.6. The van der Waals surface area contributed by atoms with Crippen LogP contribution in [0, 0.1) is 11.8 Å². The summed E-state index contributed by atoms with van der Waals surface area (Å²) in [5.41, 5.74) is -0.422. The van der Waals surface area contributed by atoms with Gasteiger partial charge in [-0.25, -0.2) is 0 Å². The molecule has 0 saturated carbocycles. The SMILES string of the molecule is C=CCCC(=O)N[C@@H](C)[C@H](OC(=O)[C@@H]1[C@H]2C(=O)N(CCCCO)[C@H](C(=O)N(CC=C)CCCC)[C@]23CC[C@H]1O3)c1ccccc1. The van der Waals surface area contributed by atoms with Gasteiger partial charge in [-0.05, 0) is 51.0 Å². The molecule has 246 valence electrons. The minimum Gasteiger partial charge on any atom is -0.455 e. The van der Waals surface area contributed by atoms with Gasteiger partial charge in [-0.2, -0.15) is 0 Å². The average molecular weight is 624 g/mol. The summed E-state index contributed by atoms with van der Waals surface area (Å²) in [4.78, 5) is 58.5. The van der Waals surface area contributed by atoms with Gasteiger partial charge in [0, 0.05) is 32.7 Å². The van der Waals surface area contributed by atoms with E-state index >= 15 is 0 Å². The molecule has 1 aromatic rings. The van der Waals surface area contributed by atoms with Gasteiger partial charge >= 0.3 is 5.97 Å². The Balaban J connectivity index is 1.64. The fraction of sp³-hybridized carbons (Fsp3) is 0.600. The highest BCUT2D eigenvalue weighted by Gasteiger charge is 2.75. The highest BCUT2D eigenvalue weighted by molar-refractivity contribution is 5.98. The Morgan fingerprint density at radius 3 is 2.62 bits per heavy atom. The summed E-state index contributed by atoms with van der Waals surface area (Å²) in [6, 6.07) is 7.80. The Kier molecular flexibility index (Phi) is 12.0. The normalized spacial score (nSPS) is 26.2. The number of likely N-dealkylation sites (tertiary alicyclic amines) is 1. The summed E-state index contributed by atoms with van der Waals surface area (Å²) in [5, 5.41) is 12.4. The molecule has 7 atom stereocenters. The first-order valence-electron chi connectivity index (χ1n) is 16.4. The molecule has 3 aliphatic heterocycles. The van der Waals surface area contributed by atoms with Gasteiger partial charge in [-0.1, -0.05) is 55.8 Å². The van der Waals surface area contributed by atoms with Crippen LogP contribution in [0.4, 0.5) is 0 Å². The Hall–Kier alpha value is -3.50. The number of allylic oxidation sites excluding steroid dienone is 1. The molecular weight excluding hydrogens is 574 g/mol. The van der Waals surface area contributed by atoms with E-state index in [1.807, 2.05) is 30.3 Å². The van der Waals surface area contributed by atoms with Crippen LogP contribution in [0.25, 0.3) is 0 Å². The van der Waals surface area contributed by atoms with Crippen molar-refractivity contribution in [3.63, 3.8) is 0 Å². The molecule has 10 heteroatoms. The van der Waals surface area contributed by atoms with E-state index in [1.165, 1.54) is 0 Å². The molecule has 1 aromatic carbocycles. The third-order valence-electron chi connectivity index (χ3n) is 9.35. The molecule has 3 aliphatic rings. The van der Waals surface area contributed by atoms with Gasteiger partial charge < -0.3 is 29.7 Å². The molecule has 0 aliphatic carbocycles. The summed E-state index contributed by atoms with van der Waals surface area (Å²) in [6.07, 6.45) is 6.52. The van der Waals surface area contributed by atoms with Crippen molar-refractivity contribution in [3.05, 3.63) is 61.2 Å². The van der Waals surface area contributed by atoms with Crippen molar-refractivity contribution in [1.29, 1.82) is 0 Å². The number of nitrogens with zero attached hydrogens (tertiary/aromatic N) is 2. The predicted molar refractivity (Wildman–Crippen MR) is 170 cm³/mol. The first-order valence-corrected chi connectivity index (χ1v) is 16.4. The van der Waals surface area contributed by atoms with Gasteiger partial charge in [0.15, 0.2) is 0 Å². The Morgan fingerprint density at radius 2 is 1.96 bits per heavy atom. The molecule has 3 saturated heterocycles. The van der Waals surface area contributed by atoms with Crippen molar-refractivity contribution in [2.45, 2.75) is 95.1 Å². The summed E-state index contributed by atoms with van der Waals surface area (Å²) < 4.78 is 12.8. The van der Waals surface area contributed by atoms with E-state index in [0.717, 1.165) is 12.8 Å². The smallest absolute Gasteiger partial charge is 0.313 e. The van der Waals surface area contributed by atoms with Crippen LogP contribution in [-0.2, 0) is 28.7 Å². The maximum atomic E-state index is 14.3. The summed E-state index contributed by atoms with van der Waals surface area (Å²) in [6.45, 7) is 12.5. The van der Waals surface area contributed by atoms with Crippen LogP contribution in [0.3, 0.4) is 0 Å². The summed E-state index contributed by atoms with van der Waals surface area (Å²) >= 11 is 0. The topological polar surface area (TPSA) is 125 Å². The van der Waals surface area contributed by atoms with Crippen molar-refractivity contribution >= 4 is 23.7 Å². The third-order valence-corrected chi connectivity index (χ3v) is 9.35. The number of hydrogen-bond acceptors (Lipinski definition) is 7. The molecule has 0 unspecified atom stereocenters. The Morgan fingerprint density at radius 1 is 1.20 bits per heavy atom. The van der Waals surface area contributed by atoms with E-state index in [2.05, 4.69) is 25.4 Å². The maximum absolute atomic E-state index is 14.3. The highest BCUT2D eigenvalue weighted by Crippen LogP contribution is 2.59. The molecule has 2 N–H and O–H groups in total. The van der Waals surface area contributed by atoms with Crippen molar-refractivity contribution in [2.75, 3.05) is 26.2 Å². The molecule has 4 rings (SSSR count). The zero-order valence-corrected chi connectivity index (χ0v) is 26.7. The molecule has 0 radical (unpaired) electrons. The fourth-order valence-electron chi connectivity index (χ4n) is 7.24. The minimum atomic E-state index is -1.14. The molecule has 3 heterocycles. The number of carbonyl (C=O) groups is 4. The van der Waals surface area contributed by atoms with Gasteiger partial charge in [-0.15, -0.1) is 13.2 Å². The Bertz CT molecular complexity index is 1220. The van der Waals surface area contributed by atoms with Crippen molar-refractivity contribution in [2.24, 2.45) is 11.8 Å². The van der Waals surface area contributed by atoms with Crippen LogP contribution in [0.5, 0.6) is 0 Å². The molecule has 1 spiro atoms. The maximum Gasteiger partial charge on any atom is 0.313 e. The van der Waals surface area contributed by atoms with Crippen LogP contribution in [0.2, 0.25) is 0 Å². The lowest BCUT2D eigenvalue weighted by atomic mass is 9.70. The second-order valence-corrected chi connectivity index (χ2v) is 12.4. The number of hydrogen-bond donors (Lipinski definition) is 2. The van der Waals surface area contributed by atoms with E-state index in [9.17, 15) is 24.3 Å². The van der Waals surface area contributed by atoms with Gasteiger partial charge in [0.2, 0.25) is 17.7 Å². The quantitative estimate of drug-likeness (QED) is 0.145. The first-order chi connectivity index (χ1) is 21.7. The lowest BCUT2D eigenvalue weighted by Gasteiger charge is -2.37. The second-order valence-electron chi connectivity index (χ2n) is 12.4. The van der Waals surface area contributed by atoms with Gasteiger partial charge in [0.25, 0.3) is 0 Å². The van der Waals surface area contributed by atoms with Crippen LogP contribution in [0.1, 0.15) is 76.9 Å². The third kappa shape index (κ3) is 7.17. The molecule has 2 bridgehead atoms. The number of unbranched alkanes of at least 4 members (excludes halogenated alkanes) is 2. The van der Waals surface area contributed by atoms with Gasteiger partial charge in [0.1, 0.15) is 17.7 Å². The predicted octanol–water partition coefficient (Wildman–Crippen LogP) is 3.70. The standard InChI is InChI=1S/C35H49N3O7/c1-5-8-17-27(40)36-24(4)30(25-15-11-10-12-16-25)44-34(43)28-26-18-19-35(45-26)29(28)32(41)38(22-13-14-23-39)31(35)33(42)37(20-7-3)21-9-6-2/h5,7,10-12,15-16,24,26,28-31,39H,1,3,6,8-9,13-14,17-23H2,2,4H3,(H,36,40)/t24-,26+,28-,29-,30-,31+,35-/m0/s1. The molecule has 3 fully saturated rings. The lowest BCUT2D eigenvalue weighted by Crippen LogP contribution is -2.56. The van der Waals surface area contributed by atoms with E-state index in [1.54, 1.807) is 28.9 Å². The van der Waals surface area contributed by atoms with Crippen molar-refractivity contribution in [1.82, 2.24) is 15.1 Å². The monoisotopic (exact) mass is 623 g/mol. The van der Waals surface area contributed by atoms with Crippen molar-refractivity contribution in [3.8, 4) is 0 Å². The average Bonchev–Trinajstić information content (AvgIpc) is 3.68. The molecular formula is C35H49N3O7. The molecule has 10 nitrogen and oxygen atoms in total. The number of nitrogens with one attached hydrogen (secondary N) is 1. The van der Waals surface area contributed by atoms with Gasteiger partial charge in [-0.3, -0.25) is 19.2 Å². The fourth-order valence-corrected chi connectivity index (χ4v) is 7.24. The number of benzene rings is 1. The molecule has 45 heavy (non-hydrogen) atoms. The minimum absolute atomic E-state index is 0.0228. The summed E-state index contributed by atoms with van der Waals surface area (Å²) in [5.74, 6) is -2.99. The van der Waals surface area contributed by atoms with E-state index in [-0.39, 0.29) is 37.3 Å². The first kappa shape index (κ1) is 34.4. The Labute approximate surface area is 266 Å². The number of amides is 3. The van der Waals surface area contributed by atoms with Crippen molar-refractivity contribution < 1.29 is 33.8 Å². The van der Waals surface area contributed by atoms with Gasteiger partial charge in [0.05, 0.1) is 24.0 Å².